The summed E-state index contributed by atoms with van der Waals surface area (Å²) in [5.74, 6) is -0.621. The second kappa shape index (κ2) is 10.3. The molecule has 0 unspecified atom stereocenters. The van der Waals surface area contributed by atoms with Crippen molar-refractivity contribution in [3.8, 4) is 5.75 Å². The first-order valence-electron chi connectivity index (χ1n) is 8.22. The number of anilines is 2. The van der Waals surface area contributed by atoms with Crippen molar-refractivity contribution in [3.63, 3.8) is 0 Å². The summed E-state index contributed by atoms with van der Waals surface area (Å²) in [6.45, 7) is 1.86. The van der Waals surface area contributed by atoms with Gasteiger partial charge in [-0.15, -0.1) is 0 Å². The van der Waals surface area contributed by atoms with Crippen LogP contribution in [0.2, 0.25) is 0 Å². The minimum absolute atomic E-state index is 0.157. The van der Waals surface area contributed by atoms with E-state index >= 15 is 0 Å². The molecule has 0 atom stereocenters. The van der Waals surface area contributed by atoms with E-state index < -0.39 is 23.3 Å². The van der Waals surface area contributed by atoms with Crippen LogP contribution in [0.1, 0.15) is 6.92 Å². The van der Waals surface area contributed by atoms with E-state index in [0.29, 0.717) is 18.0 Å². The van der Waals surface area contributed by atoms with Gasteiger partial charge < -0.3 is 20.2 Å². The van der Waals surface area contributed by atoms with Crippen LogP contribution in [0.3, 0.4) is 0 Å². The van der Waals surface area contributed by atoms with Crippen LogP contribution in [0.4, 0.5) is 17.1 Å². The molecule has 2 aromatic carbocycles. The summed E-state index contributed by atoms with van der Waals surface area (Å²) in [5.41, 5.74) is 0.566. The smallest absolute Gasteiger partial charge is 0.271 e. The van der Waals surface area contributed by atoms with Gasteiger partial charge in [-0.1, -0.05) is 23.4 Å². The van der Waals surface area contributed by atoms with Gasteiger partial charge in [-0.3, -0.25) is 19.7 Å². The Morgan fingerprint density at radius 1 is 1.18 bits per heavy atom. The second-order valence-electron chi connectivity index (χ2n) is 5.28. The number of carbonyl (C=O) groups excluding carboxylic acids is 2. The molecule has 2 aromatic rings. The monoisotopic (exact) mass is 386 g/mol. The first kappa shape index (κ1) is 20.4. The van der Waals surface area contributed by atoms with Crippen LogP contribution in [0.15, 0.2) is 53.7 Å². The van der Waals surface area contributed by atoms with Gasteiger partial charge in [0.1, 0.15) is 12.0 Å². The Bertz CT molecular complexity index is 884. The van der Waals surface area contributed by atoms with Gasteiger partial charge in [0, 0.05) is 17.8 Å². The van der Waals surface area contributed by atoms with Gasteiger partial charge >= 0.3 is 0 Å². The van der Waals surface area contributed by atoms with Crippen molar-refractivity contribution in [2.45, 2.75) is 6.92 Å². The Balaban J connectivity index is 1.80. The molecule has 0 aromatic heterocycles. The molecule has 10 heteroatoms. The predicted molar refractivity (Wildman–Crippen MR) is 102 cm³/mol. The summed E-state index contributed by atoms with van der Waals surface area (Å²) in [6, 6.07) is 12.4. The van der Waals surface area contributed by atoms with Gasteiger partial charge in [-0.05, 0) is 25.1 Å². The maximum absolute atomic E-state index is 11.9. The van der Waals surface area contributed by atoms with E-state index in [1.165, 1.54) is 24.3 Å². The van der Waals surface area contributed by atoms with Gasteiger partial charge in [-0.2, -0.15) is 0 Å². The number of para-hydroxylation sites is 2. The number of oxime groups is 1. The van der Waals surface area contributed by atoms with Gasteiger partial charge in [0.15, 0.2) is 6.61 Å². The zero-order valence-electron chi connectivity index (χ0n) is 15.0. The van der Waals surface area contributed by atoms with E-state index in [1.807, 2.05) is 6.92 Å². The van der Waals surface area contributed by atoms with E-state index in [1.54, 1.807) is 24.3 Å². The van der Waals surface area contributed by atoms with E-state index in [-0.39, 0.29) is 11.4 Å². The third-order valence-electron chi connectivity index (χ3n) is 3.23. The summed E-state index contributed by atoms with van der Waals surface area (Å²) in [5, 5.41) is 19.1. The summed E-state index contributed by atoms with van der Waals surface area (Å²) in [4.78, 5) is 38.5. The van der Waals surface area contributed by atoms with Crippen LogP contribution in [0.25, 0.3) is 0 Å². The molecule has 2 rings (SSSR count). The number of nitro benzene ring substituents is 1. The van der Waals surface area contributed by atoms with Crippen LogP contribution in [-0.2, 0) is 14.4 Å². The fraction of sp³-hybridized carbons (Fsp3) is 0.167. The first-order valence-corrected chi connectivity index (χ1v) is 8.22. The summed E-state index contributed by atoms with van der Waals surface area (Å²) < 4.78 is 5.39. The number of rotatable bonds is 9. The quantitative estimate of drug-likeness (QED) is 0.387. The number of non-ortho nitro benzene ring substituents is 1. The largest absolute Gasteiger partial charge is 0.492 e. The molecule has 0 heterocycles. The lowest BCUT2D eigenvalue weighted by atomic mass is 10.3. The second-order valence-corrected chi connectivity index (χ2v) is 5.28. The van der Waals surface area contributed by atoms with Crippen molar-refractivity contribution in [3.05, 3.63) is 58.6 Å². The third-order valence-corrected chi connectivity index (χ3v) is 3.23. The zero-order valence-corrected chi connectivity index (χ0v) is 15.0. The van der Waals surface area contributed by atoms with Gasteiger partial charge in [-0.25, -0.2) is 0 Å². The van der Waals surface area contributed by atoms with E-state index in [9.17, 15) is 19.7 Å². The molecule has 0 spiro atoms. The molecular weight excluding hydrogens is 368 g/mol. The standard InChI is InChI=1S/C18H18N4O6/c1-2-27-16-9-4-3-8-15(16)21-18(24)12-28-19-11-17(23)20-13-6-5-7-14(10-13)22(25)26/h3-11H,2,12H2,1H3,(H,20,23)(H,21,24)/b19-11-. The molecular formula is C18H18N4O6. The molecule has 2 N–H and O–H groups in total. The number of hydrogen-bond donors (Lipinski definition) is 2. The molecule has 0 saturated heterocycles. The molecule has 0 aliphatic carbocycles. The molecule has 0 radical (unpaired) electrons. The highest BCUT2D eigenvalue weighted by Gasteiger charge is 2.09. The van der Waals surface area contributed by atoms with Crippen molar-refractivity contribution in [1.82, 2.24) is 0 Å². The lowest BCUT2D eigenvalue weighted by Gasteiger charge is -2.10. The molecule has 0 saturated carbocycles. The number of nitro groups is 1. The van der Waals surface area contributed by atoms with Crippen LogP contribution in [-0.4, -0.2) is 36.2 Å². The number of carbonyl (C=O) groups is 2. The average molecular weight is 386 g/mol. The van der Waals surface area contributed by atoms with Crippen molar-refractivity contribution >= 4 is 35.1 Å². The number of ether oxygens (including phenoxy) is 1. The van der Waals surface area contributed by atoms with Crippen LogP contribution in [0.5, 0.6) is 5.75 Å². The molecule has 0 fully saturated rings. The molecule has 2 amide bonds. The Morgan fingerprint density at radius 2 is 1.96 bits per heavy atom. The lowest BCUT2D eigenvalue weighted by molar-refractivity contribution is -0.384. The Kier molecular flexibility index (Phi) is 7.46. The highest BCUT2D eigenvalue weighted by Crippen LogP contribution is 2.23. The number of benzene rings is 2. The van der Waals surface area contributed by atoms with Crippen molar-refractivity contribution in [2.75, 3.05) is 23.8 Å². The first-order chi connectivity index (χ1) is 13.5. The van der Waals surface area contributed by atoms with Gasteiger partial charge in [0.05, 0.1) is 17.2 Å². The Hall–Kier alpha value is -3.95. The zero-order chi connectivity index (χ0) is 20.4. The normalized spacial score (nSPS) is 10.3. The summed E-state index contributed by atoms with van der Waals surface area (Å²) in [6.07, 6.45) is 0.820. The number of nitrogens with zero attached hydrogens (tertiary/aromatic N) is 2. The number of hydrogen-bond acceptors (Lipinski definition) is 7. The lowest BCUT2D eigenvalue weighted by Crippen LogP contribution is -2.18. The van der Waals surface area contributed by atoms with Crippen LogP contribution >= 0.6 is 0 Å². The topological polar surface area (TPSA) is 132 Å². The third kappa shape index (κ3) is 6.41. The molecule has 10 nitrogen and oxygen atoms in total. The van der Waals surface area contributed by atoms with Crippen molar-refractivity contribution in [2.24, 2.45) is 5.16 Å². The SMILES string of the molecule is CCOc1ccccc1NC(=O)CO/N=C\C(=O)Nc1cccc([N+](=O)[O-])c1. The average Bonchev–Trinajstić information content (AvgIpc) is 2.67. The highest BCUT2D eigenvalue weighted by atomic mass is 16.6. The van der Waals surface area contributed by atoms with Crippen molar-refractivity contribution in [1.29, 1.82) is 0 Å². The van der Waals surface area contributed by atoms with Gasteiger partial charge in [0.25, 0.3) is 17.5 Å². The Labute approximate surface area is 160 Å². The number of amides is 2. The Morgan fingerprint density at radius 3 is 2.71 bits per heavy atom. The fourth-order valence-corrected chi connectivity index (χ4v) is 2.09. The minimum atomic E-state index is -0.664. The molecule has 28 heavy (non-hydrogen) atoms. The fourth-order valence-electron chi connectivity index (χ4n) is 2.09. The van der Waals surface area contributed by atoms with Crippen LogP contribution in [0, 0.1) is 10.1 Å². The molecule has 0 bridgehead atoms. The van der Waals surface area contributed by atoms with Gasteiger partial charge in [0.2, 0.25) is 0 Å². The highest BCUT2D eigenvalue weighted by molar-refractivity contribution is 6.31. The summed E-state index contributed by atoms with van der Waals surface area (Å²) >= 11 is 0. The summed E-state index contributed by atoms with van der Waals surface area (Å²) in [7, 11) is 0. The van der Waals surface area contributed by atoms with E-state index in [0.717, 1.165) is 6.21 Å². The maximum atomic E-state index is 11.9. The predicted octanol–water partition coefficient (Wildman–Crippen LogP) is 2.57. The maximum Gasteiger partial charge on any atom is 0.271 e. The number of nitrogens with one attached hydrogen (secondary N) is 2. The minimum Gasteiger partial charge on any atom is -0.492 e. The molecule has 146 valence electrons. The van der Waals surface area contributed by atoms with Crippen LogP contribution < -0.4 is 15.4 Å². The van der Waals surface area contributed by atoms with Crippen molar-refractivity contribution < 1.29 is 24.1 Å². The molecule has 0 aliphatic heterocycles. The van der Waals surface area contributed by atoms with E-state index in [2.05, 4.69) is 15.8 Å². The van der Waals surface area contributed by atoms with E-state index in [4.69, 9.17) is 9.57 Å². The molecule has 0 aliphatic rings.